The highest BCUT2D eigenvalue weighted by atomic mass is 32.1. The van der Waals surface area contributed by atoms with Gasteiger partial charge in [0.15, 0.2) is 0 Å². The molecule has 0 radical (unpaired) electrons. The van der Waals surface area contributed by atoms with Crippen LogP contribution in [0, 0.1) is 5.82 Å². The van der Waals surface area contributed by atoms with Gasteiger partial charge in [0.25, 0.3) is 0 Å². The van der Waals surface area contributed by atoms with Crippen LogP contribution in [0.4, 0.5) is 4.39 Å². The monoisotopic (exact) mass is 277 g/mol. The summed E-state index contributed by atoms with van der Waals surface area (Å²) in [5.41, 5.74) is 1.26. The van der Waals surface area contributed by atoms with Gasteiger partial charge >= 0.3 is 0 Å². The SMILES string of the molecule is CNC(c1ccsc1)c1cc2ccc(F)cc2s1. The first-order chi connectivity index (χ1) is 8.78. The van der Waals surface area contributed by atoms with Crippen LogP contribution < -0.4 is 5.32 Å². The number of fused-ring (bicyclic) bond motifs is 1. The molecule has 3 aromatic rings. The molecule has 0 bridgehead atoms. The number of nitrogens with one attached hydrogen (secondary N) is 1. The summed E-state index contributed by atoms with van der Waals surface area (Å²) >= 11 is 3.34. The third-order valence-electron chi connectivity index (χ3n) is 2.95. The molecule has 1 nitrogen and oxygen atoms in total. The molecule has 18 heavy (non-hydrogen) atoms. The van der Waals surface area contributed by atoms with Crippen molar-refractivity contribution in [2.24, 2.45) is 0 Å². The number of rotatable bonds is 3. The van der Waals surface area contributed by atoms with Crippen molar-refractivity contribution in [3.63, 3.8) is 0 Å². The molecule has 1 aromatic carbocycles. The summed E-state index contributed by atoms with van der Waals surface area (Å²) < 4.78 is 14.2. The normalized spacial score (nSPS) is 13.0. The molecule has 0 saturated heterocycles. The van der Waals surface area contributed by atoms with Gasteiger partial charge < -0.3 is 5.32 Å². The van der Waals surface area contributed by atoms with E-state index in [2.05, 4.69) is 28.2 Å². The lowest BCUT2D eigenvalue weighted by Gasteiger charge is -2.12. The quantitative estimate of drug-likeness (QED) is 0.747. The lowest BCUT2D eigenvalue weighted by Crippen LogP contribution is -2.15. The van der Waals surface area contributed by atoms with Gasteiger partial charge in [0.2, 0.25) is 0 Å². The van der Waals surface area contributed by atoms with Gasteiger partial charge in [-0.3, -0.25) is 0 Å². The Hall–Kier alpha value is -1.23. The van der Waals surface area contributed by atoms with Crippen LogP contribution in [0.5, 0.6) is 0 Å². The maximum atomic E-state index is 13.2. The van der Waals surface area contributed by atoms with E-state index in [9.17, 15) is 4.39 Å². The summed E-state index contributed by atoms with van der Waals surface area (Å²) in [5.74, 6) is -0.174. The topological polar surface area (TPSA) is 12.0 Å². The molecule has 0 amide bonds. The Balaban J connectivity index is 2.07. The average molecular weight is 277 g/mol. The molecule has 0 aliphatic rings. The molecule has 0 saturated carbocycles. The van der Waals surface area contributed by atoms with Crippen molar-refractivity contribution < 1.29 is 4.39 Å². The molecule has 1 unspecified atom stereocenters. The first-order valence-corrected chi connectivity index (χ1v) is 7.42. The second-order valence-electron chi connectivity index (χ2n) is 4.11. The summed E-state index contributed by atoms with van der Waals surface area (Å²) in [6, 6.07) is 9.40. The first kappa shape index (κ1) is 11.8. The Morgan fingerprint density at radius 2 is 2.11 bits per heavy atom. The van der Waals surface area contributed by atoms with Gasteiger partial charge in [-0.25, -0.2) is 4.39 Å². The summed E-state index contributed by atoms with van der Waals surface area (Å²) in [6.07, 6.45) is 0. The van der Waals surface area contributed by atoms with Crippen molar-refractivity contribution in [1.82, 2.24) is 5.32 Å². The summed E-state index contributed by atoms with van der Waals surface area (Å²) in [6.45, 7) is 0. The van der Waals surface area contributed by atoms with E-state index in [1.807, 2.05) is 13.1 Å². The Morgan fingerprint density at radius 3 is 2.83 bits per heavy atom. The third-order valence-corrected chi connectivity index (χ3v) is 4.82. The molecule has 2 heterocycles. The largest absolute Gasteiger partial charge is 0.309 e. The van der Waals surface area contributed by atoms with Crippen LogP contribution in [0.25, 0.3) is 10.1 Å². The third kappa shape index (κ3) is 2.07. The molecule has 1 atom stereocenters. The Bertz CT molecular complexity index is 658. The maximum absolute atomic E-state index is 13.2. The van der Waals surface area contributed by atoms with E-state index >= 15 is 0 Å². The Kier molecular flexibility index (Phi) is 3.16. The van der Waals surface area contributed by atoms with Crippen molar-refractivity contribution in [1.29, 1.82) is 0 Å². The van der Waals surface area contributed by atoms with Crippen molar-refractivity contribution in [3.05, 3.63) is 57.3 Å². The van der Waals surface area contributed by atoms with Crippen LogP contribution in [0.1, 0.15) is 16.5 Å². The number of benzene rings is 1. The van der Waals surface area contributed by atoms with Crippen LogP contribution in [0.3, 0.4) is 0 Å². The van der Waals surface area contributed by atoms with Crippen LogP contribution in [-0.4, -0.2) is 7.05 Å². The highest BCUT2D eigenvalue weighted by molar-refractivity contribution is 7.19. The van der Waals surface area contributed by atoms with Gasteiger partial charge in [0, 0.05) is 9.58 Å². The van der Waals surface area contributed by atoms with Gasteiger partial charge in [-0.15, -0.1) is 11.3 Å². The lowest BCUT2D eigenvalue weighted by atomic mass is 10.1. The molecule has 3 rings (SSSR count). The molecule has 0 aliphatic carbocycles. The average Bonchev–Trinajstić information content (AvgIpc) is 2.98. The van der Waals surface area contributed by atoms with Gasteiger partial charge in [-0.05, 0) is 53.0 Å². The van der Waals surface area contributed by atoms with Gasteiger partial charge in [-0.2, -0.15) is 11.3 Å². The van der Waals surface area contributed by atoms with E-state index in [1.165, 1.54) is 16.5 Å². The molecule has 2 aromatic heterocycles. The van der Waals surface area contributed by atoms with E-state index in [0.29, 0.717) is 0 Å². The van der Waals surface area contributed by atoms with E-state index in [1.54, 1.807) is 28.7 Å². The highest BCUT2D eigenvalue weighted by Gasteiger charge is 2.15. The number of halogens is 1. The minimum Gasteiger partial charge on any atom is -0.309 e. The molecule has 92 valence electrons. The van der Waals surface area contributed by atoms with E-state index in [-0.39, 0.29) is 11.9 Å². The predicted molar refractivity (Wildman–Crippen MR) is 77.0 cm³/mol. The van der Waals surface area contributed by atoms with E-state index in [0.717, 1.165) is 10.1 Å². The van der Waals surface area contributed by atoms with Crippen molar-refractivity contribution in [2.45, 2.75) is 6.04 Å². The standard InChI is InChI=1S/C14H12FNS2/c1-16-14(10-4-5-17-8-10)13-6-9-2-3-11(15)7-12(9)18-13/h2-8,14,16H,1H3. The molecular weight excluding hydrogens is 265 g/mol. The summed E-state index contributed by atoms with van der Waals surface area (Å²) in [5, 5.41) is 8.64. The van der Waals surface area contributed by atoms with Crippen LogP contribution >= 0.6 is 22.7 Å². The first-order valence-electron chi connectivity index (χ1n) is 5.66. The molecule has 1 N–H and O–H groups in total. The Morgan fingerprint density at radius 1 is 1.22 bits per heavy atom. The maximum Gasteiger partial charge on any atom is 0.124 e. The second-order valence-corrected chi connectivity index (χ2v) is 6.00. The minimum atomic E-state index is -0.174. The van der Waals surface area contributed by atoms with Gasteiger partial charge in [0.1, 0.15) is 5.82 Å². The van der Waals surface area contributed by atoms with Crippen molar-refractivity contribution in [3.8, 4) is 0 Å². The smallest absolute Gasteiger partial charge is 0.124 e. The zero-order chi connectivity index (χ0) is 12.5. The summed E-state index contributed by atoms with van der Waals surface area (Å²) in [7, 11) is 1.95. The van der Waals surface area contributed by atoms with Crippen molar-refractivity contribution >= 4 is 32.8 Å². The Labute approximate surface area is 113 Å². The second kappa shape index (κ2) is 4.80. The van der Waals surface area contributed by atoms with Gasteiger partial charge in [-0.1, -0.05) is 6.07 Å². The van der Waals surface area contributed by atoms with E-state index in [4.69, 9.17) is 0 Å². The number of hydrogen-bond donors (Lipinski definition) is 1. The molecular formula is C14H12FNS2. The fraction of sp³-hybridized carbons (Fsp3) is 0.143. The van der Waals surface area contributed by atoms with Gasteiger partial charge in [0.05, 0.1) is 6.04 Å². The summed E-state index contributed by atoms with van der Waals surface area (Å²) in [4.78, 5) is 1.22. The zero-order valence-electron chi connectivity index (χ0n) is 9.81. The minimum absolute atomic E-state index is 0.174. The number of thiophene rings is 2. The van der Waals surface area contributed by atoms with Crippen LogP contribution in [0.15, 0.2) is 41.1 Å². The number of hydrogen-bond acceptors (Lipinski definition) is 3. The molecule has 0 spiro atoms. The van der Waals surface area contributed by atoms with Crippen LogP contribution in [0.2, 0.25) is 0 Å². The fourth-order valence-electron chi connectivity index (χ4n) is 2.08. The molecule has 4 heteroatoms. The molecule has 0 aliphatic heterocycles. The zero-order valence-corrected chi connectivity index (χ0v) is 11.4. The van der Waals surface area contributed by atoms with E-state index < -0.39 is 0 Å². The van der Waals surface area contributed by atoms with Crippen LogP contribution in [-0.2, 0) is 0 Å². The van der Waals surface area contributed by atoms with Crippen molar-refractivity contribution in [2.75, 3.05) is 7.05 Å². The lowest BCUT2D eigenvalue weighted by molar-refractivity contribution is 0.630. The predicted octanol–water partition coefficient (Wildman–Crippen LogP) is 4.41. The highest BCUT2D eigenvalue weighted by Crippen LogP contribution is 2.34. The fourth-order valence-corrected chi connectivity index (χ4v) is 3.99. The molecule has 0 fully saturated rings.